The Morgan fingerprint density at radius 2 is 2.20 bits per heavy atom. The van der Waals surface area contributed by atoms with Gasteiger partial charge in [-0.25, -0.2) is 0 Å². The molecule has 2 N–H and O–H groups in total. The van der Waals surface area contributed by atoms with Gasteiger partial charge >= 0.3 is 0 Å². The fourth-order valence-electron chi connectivity index (χ4n) is 1.59. The van der Waals surface area contributed by atoms with Crippen LogP contribution >= 0.6 is 34.7 Å². The third-order valence-corrected chi connectivity index (χ3v) is 4.60. The minimum absolute atomic E-state index is 0.508. The lowest BCUT2D eigenvalue weighted by molar-refractivity contribution is 0.426. The van der Waals surface area contributed by atoms with E-state index in [9.17, 15) is 0 Å². The van der Waals surface area contributed by atoms with Gasteiger partial charge in [-0.05, 0) is 30.3 Å². The van der Waals surface area contributed by atoms with Crippen molar-refractivity contribution < 1.29 is 4.52 Å². The van der Waals surface area contributed by atoms with Crippen LogP contribution in [-0.2, 0) is 5.75 Å². The van der Waals surface area contributed by atoms with Crippen molar-refractivity contribution in [1.29, 1.82) is 0 Å². The van der Waals surface area contributed by atoms with E-state index in [4.69, 9.17) is 21.9 Å². The van der Waals surface area contributed by atoms with Gasteiger partial charge in [-0.3, -0.25) is 0 Å². The van der Waals surface area contributed by atoms with Crippen LogP contribution in [0, 0.1) is 0 Å². The molecule has 0 radical (unpaired) electrons. The number of anilines is 1. The third-order valence-electron chi connectivity index (χ3n) is 2.47. The Morgan fingerprint density at radius 3 is 2.95 bits per heavy atom. The van der Waals surface area contributed by atoms with Crippen LogP contribution in [0.2, 0.25) is 5.02 Å². The standard InChI is InChI=1S/C13H10ClN3OS2/c14-8-2-1-3-9(6-8)19-7-12-16-13(18-17-12)10-4-5-11(15)20-10/h1-6H,7,15H2. The van der Waals surface area contributed by atoms with Crippen LogP contribution in [0.1, 0.15) is 5.82 Å². The maximum Gasteiger partial charge on any atom is 0.268 e. The van der Waals surface area contributed by atoms with Crippen LogP contribution in [0.4, 0.5) is 5.00 Å². The molecule has 0 bridgehead atoms. The summed E-state index contributed by atoms with van der Waals surface area (Å²) in [4.78, 5) is 6.31. The van der Waals surface area contributed by atoms with Crippen molar-refractivity contribution in [2.45, 2.75) is 10.6 Å². The van der Waals surface area contributed by atoms with Crippen LogP contribution in [0.5, 0.6) is 0 Å². The van der Waals surface area contributed by atoms with Gasteiger partial charge in [0.15, 0.2) is 5.82 Å². The van der Waals surface area contributed by atoms with Crippen LogP contribution < -0.4 is 5.73 Å². The van der Waals surface area contributed by atoms with E-state index in [0.29, 0.717) is 17.5 Å². The van der Waals surface area contributed by atoms with Gasteiger partial charge in [-0.1, -0.05) is 22.8 Å². The number of rotatable bonds is 4. The van der Waals surface area contributed by atoms with Crippen molar-refractivity contribution in [1.82, 2.24) is 10.1 Å². The summed E-state index contributed by atoms with van der Waals surface area (Å²) in [5, 5.41) is 5.42. The zero-order valence-electron chi connectivity index (χ0n) is 10.2. The Morgan fingerprint density at radius 1 is 1.30 bits per heavy atom. The molecule has 20 heavy (non-hydrogen) atoms. The fourth-order valence-corrected chi connectivity index (χ4v) is 3.33. The number of hydrogen-bond acceptors (Lipinski definition) is 6. The zero-order chi connectivity index (χ0) is 13.9. The lowest BCUT2D eigenvalue weighted by Crippen LogP contribution is -1.83. The van der Waals surface area contributed by atoms with Gasteiger partial charge in [-0.15, -0.1) is 23.1 Å². The first-order chi connectivity index (χ1) is 9.70. The van der Waals surface area contributed by atoms with E-state index >= 15 is 0 Å². The van der Waals surface area contributed by atoms with Gasteiger partial charge in [-0.2, -0.15) is 4.98 Å². The molecule has 0 atom stereocenters. The number of aromatic nitrogens is 2. The first-order valence-corrected chi connectivity index (χ1v) is 7.95. The average molecular weight is 324 g/mol. The maximum absolute atomic E-state index is 5.94. The number of nitrogen functional groups attached to an aromatic ring is 1. The Hall–Kier alpha value is -1.50. The second-order valence-electron chi connectivity index (χ2n) is 3.96. The summed E-state index contributed by atoms with van der Waals surface area (Å²) < 4.78 is 5.23. The summed E-state index contributed by atoms with van der Waals surface area (Å²) in [5.41, 5.74) is 5.68. The molecule has 4 nitrogen and oxygen atoms in total. The first-order valence-electron chi connectivity index (χ1n) is 5.77. The largest absolute Gasteiger partial charge is 0.391 e. The van der Waals surface area contributed by atoms with E-state index in [2.05, 4.69) is 10.1 Å². The maximum atomic E-state index is 5.94. The van der Waals surface area contributed by atoms with Crippen molar-refractivity contribution in [2.24, 2.45) is 0 Å². The highest BCUT2D eigenvalue weighted by molar-refractivity contribution is 7.98. The van der Waals surface area contributed by atoms with Crippen LogP contribution in [0.3, 0.4) is 0 Å². The second kappa shape index (κ2) is 5.87. The highest BCUT2D eigenvalue weighted by Crippen LogP contribution is 2.29. The minimum atomic E-state index is 0.508. The number of hydrogen-bond donors (Lipinski definition) is 1. The average Bonchev–Trinajstić information content (AvgIpc) is 3.05. The molecule has 1 aromatic carbocycles. The van der Waals surface area contributed by atoms with Gasteiger partial charge in [0.1, 0.15) is 0 Å². The molecule has 0 amide bonds. The monoisotopic (exact) mass is 323 g/mol. The Balaban J connectivity index is 1.68. The fraction of sp³-hybridized carbons (Fsp3) is 0.0769. The molecule has 7 heteroatoms. The number of thiophene rings is 1. The van der Waals surface area contributed by atoms with Crippen molar-refractivity contribution in [3.8, 4) is 10.8 Å². The summed E-state index contributed by atoms with van der Waals surface area (Å²) in [6, 6.07) is 11.4. The van der Waals surface area contributed by atoms with Gasteiger partial charge < -0.3 is 10.3 Å². The van der Waals surface area contributed by atoms with Crippen LogP contribution in [0.25, 0.3) is 10.8 Å². The molecule has 0 saturated heterocycles. The van der Waals surface area contributed by atoms with E-state index in [1.54, 1.807) is 11.8 Å². The summed E-state index contributed by atoms with van der Waals surface area (Å²) in [6.45, 7) is 0. The molecule has 3 aromatic rings. The van der Waals surface area contributed by atoms with Gasteiger partial charge in [0.05, 0.1) is 15.6 Å². The summed E-state index contributed by atoms with van der Waals surface area (Å²) in [7, 11) is 0. The highest BCUT2D eigenvalue weighted by atomic mass is 35.5. The third kappa shape index (κ3) is 3.15. The normalized spacial score (nSPS) is 10.8. The summed E-state index contributed by atoms with van der Waals surface area (Å²) >= 11 is 8.98. The molecule has 2 heterocycles. The van der Waals surface area contributed by atoms with Crippen LogP contribution in [-0.4, -0.2) is 10.1 Å². The molecular weight excluding hydrogens is 314 g/mol. The van der Waals surface area contributed by atoms with Crippen LogP contribution in [0.15, 0.2) is 45.8 Å². The Labute approximate surface area is 129 Å². The lowest BCUT2D eigenvalue weighted by atomic mass is 10.4. The van der Waals surface area contributed by atoms with E-state index in [1.807, 2.05) is 36.4 Å². The van der Waals surface area contributed by atoms with Gasteiger partial charge in [0.2, 0.25) is 0 Å². The van der Waals surface area contributed by atoms with Gasteiger partial charge in [0.25, 0.3) is 5.89 Å². The van der Waals surface area contributed by atoms with E-state index in [1.165, 1.54) is 11.3 Å². The predicted molar refractivity (Wildman–Crippen MR) is 83.0 cm³/mol. The number of benzene rings is 1. The lowest BCUT2D eigenvalue weighted by Gasteiger charge is -1.98. The van der Waals surface area contributed by atoms with Crippen molar-refractivity contribution in [3.63, 3.8) is 0 Å². The molecule has 0 spiro atoms. The first kappa shape index (κ1) is 13.5. The molecule has 0 unspecified atom stereocenters. The Bertz CT molecular complexity index is 726. The Kier molecular flexibility index (Phi) is 3.95. The topological polar surface area (TPSA) is 64.9 Å². The molecule has 2 aromatic heterocycles. The predicted octanol–water partition coefficient (Wildman–Crippen LogP) is 4.33. The van der Waals surface area contributed by atoms with Gasteiger partial charge in [0, 0.05) is 9.92 Å². The number of nitrogens with two attached hydrogens (primary N) is 1. The summed E-state index contributed by atoms with van der Waals surface area (Å²) in [5.74, 6) is 1.79. The quantitative estimate of drug-likeness (QED) is 0.724. The number of thioether (sulfide) groups is 1. The highest BCUT2D eigenvalue weighted by Gasteiger charge is 2.11. The molecule has 0 aliphatic heterocycles. The SMILES string of the molecule is Nc1ccc(-c2nc(CSc3cccc(Cl)c3)no2)s1. The molecule has 0 saturated carbocycles. The van der Waals surface area contributed by atoms with E-state index in [0.717, 1.165) is 19.8 Å². The van der Waals surface area contributed by atoms with Crippen molar-refractivity contribution in [2.75, 3.05) is 5.73 Å². The van der Waals surface area contributed by atoms with Crippen molar-refractivity contribution >= 4 is 39.7 Å². The molecular formula is C13H10ClN3OS2. The molecule has 102 valence electrons. The number of halogens is 1. The minimum Gasteiger partial charge on any atom is -0.391 e. The smallest absolute Gasteiger partial charge is 0.268 e. The number of nitrogens with zero attached hydrogens (tertiary/aromatic N) is 2. The van der Waals surface area contributed by atoms with E-state index < -0.39 is 0 Å². The van der Waals surface area contributed by atoms with Crippen molar-refractivity contribution in [3.05, 3.63) is 47.2 Å². The van der Waals surface area contributed by atoms with E-state index in [-0.39, 0.29) is 0 Å². The molecule has 0 fully saturated rings. The second-order valence-corrected chi connectivity index (χ2v) is 6.56. The molecule has 3 rings (SSSR count). The molecule has 0 aliphatic carbocycles. The zero-order valence-corrected chi connectivity index (χ0v) is 12.6. The molecule has 0 aliphatic rings. The summed E-state index contributed by atoms with van der Waals surface area (Å²) in [6.07, 6.45) is 0.